The highest BCUT2D eigenvalue weighted by molar-refractivity contribution is 5.91. The van der Waals surface area contributed by atoms with Crippen molar-refractivity contribution in [2.45, 2.75) is 6.92 Å². The van der Waals surface area contributed by atoms with Crippen LogP contribution < -0.4 is 14.8 Å². The maximum atomic E-state index is 5.27. The number of anilines is 1. The molecule has 0 fully saturated rings. The van der Waals surface area contributed by atoms with E-state index in [9.17, 15) is 0 Å². The van der Waals surface area contributed by atoms with Crippen LogP contribution in [0.4, 0.5) is 5.82 Å². The lowest BCUT2D eigenvalue weighted by atomic mass is 10.2. The molecule has 1 aromatic heterocycles. The highest BCUT2D eigenvalue weighted by Gasteiger charge is 2.10. The zero-order valence-electron chi connectivity index (χ0n) is 10.4. The van der Waals surface area contributed by atoms with Crippen LogP contribution in [0.2, 0.25) is 0 Å². The van der Waals surface area contributed by atoms with Crippen molar-refractivity contribution in [1.82, 2.24) is 9.97 Å². The fourth-order valence-electron chi connectivity index (χ4n) is 1.76. The van der Waals surface area contributed by atoms with Crippen molar-refractivity contribution in [3.63, 3.8) is 0 Å². The average Bonchev–Trinajstić information content (AvgIpc) is 2.35. The first-order valence-corrected chi connectivity index (χ1v) is 5.27. The first kappa shape index (κ1) is 11.4. The Bertz CT molecular complexity index is 555. The smallest absolute Gasteiger partial charge is 0.162 e. The van der Waals surface area contributed by atoms with Gasteiger partial charge in [-0.25, -0.2) is 9.97 Å². The van der Waals surface area contributed by atoms with Crippen LogP contribution in [0.3, 0.4) is 0 Å². The van der Waals surface area contributed by atoms with E-state index in [1.54, 1.807) is 14.2 Å². The van der Waals surface area contributed by atoms with Crippen LogP contribution in [-0.4, -0.2) is 31.2 Å². The molecule has 0 saturated heterocycles. The third kappa shape index (κ3) is 1.95. The molecule has 0 amide bonds. The number of benzene rings is 1. The van der Waals surface area contributed by atoms with E-state index in [0.717, 1.165) is 16.7 Å². The van der Waals surface area contributed by atoms with Crippen LogP contribution in [0, 0.1) is 6.92 Å². The second-order valence-corrected chi connectivity index (χ2v) is 3.59. The molecule has 1 heterocycles. The number of aryl methyl sites for hydroxylation is 1. The highest BCUT2D eigenvalue weighted by Crippen LogP contribution is 2.33. The molecule has 0 saturated carbocycles. The summed E-state index contributed by atoms with van der Waals surface area (Å²) in [6.45, 7) is 1.86. The first-order valence-electron chi connectivity index (χ1n) is 5.27. The molecular formula is C12H15N3O2. The van der Waals surface area contributed by atoms with E-state index in [4.69, 9.17) is 9.47 Å². The summed E-state index contributed by atoms with van der Waals surface area (Å²) in [5, 5.41) is 3.96. The van der Waals surface area contributed by atoms with Gasteiger partial charge in [0.1, 0.15) is 11.6 Å². The summed E-state index contributed by atoms with van der Waals surface area (Å²) in [5.41, 5.74) is 0.833. The molecule has 1 N–H and O–H groups in total. The Morgan fingerprint density at radius 2 is 1.71 bits per heavy atom. The molecule has 0 aliphatic rings. The van der Waals surface area contributed by atoms with Gasteiger partial charge in [-0.15, -0.1) is 0 Å². The predicted molar refractivity (Wildman–Crippen MR) is 66.9 cm³/mol. The molecule has 1 aromatic carbocycles. The number of nitrogens with one attached hydrogen (secondary N) is 1. The lowest BCUT2D eigenvalue weighted by Crippen LogP contribution is -1.99. The number of methoxy groups -OCH3 is 2. The molecule has 2 aromatic rings. The van der Waals surface area contributed by atoms with Crippen molar-refractivity contribution in [2.24, 2.45) is 0 Å². The van der Waals surface area contributed by atoms with E-state index >= 15 is 0 Å². The fraction of sp³-hybridized carbons (Fsp3) is 0.333. The van der Waals surface area contributed by atoms with E-state index in [2.05, 4.69) is 15.3 Å². The maximum Gasteiger partial charge on any atom is 0.162 e. The van der Waals surface area contributed by atoms with E-state index in [-0.39, 0.29) is 0 Å². The number of nitrogens with zero attached hydrogens (tertiary/aromatic N) is 2. The van der Waals surface area contributed by atoms with Crippen molar-refractivity contribution >= 4 is 16.7 Å². The summed E-state index contributed by atoms with van der Waals surface area (Å²) in [6, 6.07) is 3.73. The van der Waals surface area contributed by atoms with Crippen molar-refractivity contribution in [3.8, 4) is 11.5 Å². The molecule has 0 bridgehead atoms. The Kier molecular flexibility index (Phi) is 2.99. The Balaban J connectivity index is 2.77. The zero-order valence-corrected chi connectivity index (χ0v) is 10.4. The van der Waals surface area contributed by atoms with E-state index in [1.165, 1.54) is 0 Å². The van der Waals surface area contributed by atoms with Crippen molar-refractivity contribution in [2.75, 3.05) is 26.6 Å². The standard InChI is InChI=1S/C12H15N3O2/c1-7-14-9-6-11(17-4)10(16-3)5-8(9)12(13-2)15-7/h5-6H,1-4H3,(H,13,14,15). The summed E-state index contributed by atoms with van der Waals surface area (Å²) in [6.07, 6.45) is 0. The van der Waals surface area contributed by atoms with Gasteiger partial charge in [-0.2, -0.15) is 0 Å². The fourth-order valence-corrected chi connectivity index (χ4v) is 1.76. The van der Waals surface area contributed by atoms with Gasteiger partial charge in [0.05, 0.1) is 19.7 Å². The molecule has 0 aliphatic carbocycles. The number of aromatic nitrogens is 2. The van der Waals surface area contributed by atoms with Crippen molar-refractivity contribution in [1.29, 1.82) is 0 Å². The van der Waals surface area contributed by atoms with Crippen LogP contribution in [0.15, 0.2) is 12.1 Å². The second-order valence-electron chi connectivity index (χ2n) is 3.59. The number of fused-ring (bicyclic) bond motifs is 1. The van der Waals surface area contributed by atoms with Crippen molar-refractivity contribution < 1.29 is 9.47 Å². The third-order valence-electron chi connectivity index (χ3n) is 2.55. The summed E-state index contributed by atoms with van der Waals surface area (Å²) < 4.78 is 10.5. The lowest BCUT2D eigenvalue weighted by molar-refractivity contribution is 0.356. The zero-order chi connectivity index (χ0) is 12.4. The average molecular weight is 233 g/mol. The van der Waals surface area contributed by atoms with Crippen LogP contribution in [0.25, 0.3) is 10.9 Å². The largest absolute Gasteiger partial charge is 0.493 e. The minimum atomic E-state index is 0.667. The number of hydrogen-bond acceptors (Lipinski definition) is 5. The molecule has 5 heteroatoms. The van der Waals surface area contributed by atoms with Crippen LogP contribution >= 0.6 is 0 Å². The number of ether oxygens (including phenoxy) is 2. The first-order chi connectivity index (χ1) is 8.19. The third-order valence-corrected chi connectivity index (χ3v) is 2.55. The Morgan fingerprint density at radius 1 is 1.06 bits per heavy atom. The van der Waals surface area contributed by atoms with Gasteiger partial charge in [-0.1, -0.05) is 0 Å². The Hall–Kier alpha value is -2.04. The number of hydrogen-bond donors (Lipinski definition) is 1. The van der Waals surface area contributed by atoms with E-state index in [0.29, 0.717) is 17.3 Å². The number of rotatable bonds is 3. The Labute approximate surface area is 99.8 Å². The van der Waals surface area contributed by atoms with Gasteiger partial charge in [0.2, 0.25) is 0 Å². The topological polar surface area (TPSA) is 56.3 Å². The van der Waals surface area contributed by atoms with E-state index in [1.807, 2.05) is 26.1 Å². The van der Waals surface area contributed by atoms with Gasteiger partial charge in [-0.05, 0) is 13.0 Å². The van der Waals surface area contributed by atoms with Gasteiger partial charge in [-0.3, -0.25) is 0 Å². The summed E-state index contributed by atoms with van der Waals surface area (Å²) in [5.74, 6) is 2.84. The van der Waals surface area contributed by atoms with Gasteiger partial charge in [0.15, 0.2) is 11.5 Å². The molecule has 17 heavy (non-hydrogen) atoms. The lowest BCUT2D eigenvalue weighted by Gasteiger charge is -2.11. The monoisotopic (exact) mass is 233 g/mol. The van der Waals surface area contributed by atoms with E-state index < -0.39 is 0 Å². The summed E-state index contributed by atoms with van der Waals surface area (Å²) >= 11 is 0. The SMILES string of the molecule is CNc1nc(C)nc2cc(OC)c(OC)cc12. The van der Waals surface area contributed by atoms with Gasteiger partial charge in [0, 0.05) is 18.5 Å². The summed E-state index contributed by atoms with van der Waals surface area (Å²) in [4.78, 5) is 8.71. The van der Waals surface area contributed by atoms with Gasteiger partial charge >= 0.3 is 0 Å². The normalized spacial score (nSPS) is 10.4. The second kappa shape index (κ2) is 4.45. The minimum absolute atomic E-state index is 0.667. The van der Waals surface area contributed by atoms with Crippen LogP contribution in [-0.2, 0) is 0 Å². The molecule has 0 radical (unpaired) electrons. The molecule has 0 atom stereocenters. The molecule has 0 aliphatic heterocycles. The minimum Gasteiger partial charge on any atom is -0.493 e. The van der Waals surface area contributed by atoms with Crippen molar-refractivity contribution in [3.05, 3.63) is 18.0 Å². The Morgan fingerprint density at radius 3 is 2.29 bits per heavy atom. The molecule has 0 spiro atoms. The maximum absolute atomic E-state index is 5.27. The van der Waals surface area contributed by atoms with Crippen LogP contribution in [0.5, 0.6) is 11.5 Å². The molecule has 90 valence electrons. The molecular weight excluding hydrogens is 218 g/mol. The predicted octanol–water partition coefficient (Wildman–Crippen LogP) is 2.00. The quantitative estimate of drug-likeness (QED) is 0.878. The van der Waals surface area contributed by atoms with Crippen LogP contribution in [0.1, 0.15) is 5.82 Å². The molecule has 5 nitrogen and oxygen atoms in total. The molecule has 2 rings (SSSR count). The highest BCUT2D eigenvalue weighted by atomic mass is 16.5. The molecule has 0 unspecified atom stereocenters. The van der Waals surface area contributed by atoms with Gasteiger partial charge < -0.3 is 14.8 Å². The van der Waals surface area contributed by atoms with Gasteiger partial charge in [0.25, 0.3) is 0 Å². The summed E-state index contributed by atoms with van der Waals surface area (Å²) in [7, 11) is 5.05.